The van der Waals surface area contributed by atoms with Crippen molar-refractivity contribution >= 4 is 34.7 Å². The van der Waals surface area contributed by atoms with Gasteiger partial charge in [0.1, 0.15) is 0 Å². The number of aliphatic hydroxyl groups excluding tert-OH is 1. The first-order valence-corrected chi connectivity index (χ1v) is 11.2. The second-order valence-electron chi connectivity index (χ2n) is 7.94. The summed E-state index contributed by atoms with van der Waals surface area (Å²) in [6, 6.07) is 16.0. The number of fused-ring (bicyclic) bond motifs is 4. The van der Waals surface area contributed by atoms with E-state index in [2.05, 4.69) is 46.2 Å². The van der Waals surface area contributed by atoms with Crippen molar-refractivity contribution in [2.45, 2.75) is 60.1 Å². The molecule has 0 saturated carbocycles. The first kappa shape index (κ1) is 17.9. The predicted octanol–water partition coefficient (Wildman–Crippen LogP) is 5.32. The Labute approximate surface area is 170 Å². The van der Waals surface area contributed by atoms with Crippen molar-refractivity contribution in [3.8, 4) is 0 Å². The quantitative estimate of drug-likeness (QED) is 0.751. The van der Waals surface area contributed by atoms with E-state index < -0.39 is 0 Å². The highest BCUT2D eigenvalue weighted by atomic mass is 35.5. The average Bonchev–Trinajstić information content (AvgIpc) is 2.91. The molecule has 2 aromatic rings. The molecule has 0 aromatic heterocycles. The van der Waals surface area contributed by atoms with Crippen LogP contribution < -0.4 is 4.90 Å². The third-order valence-corrected chi connectivity index (χ3v) is 7.61. The van der Waals surface area contributed by atoms with E-state index in [0.717, 1.165) is 37.4 Å². The van der Waals surface area contributed by atoms with Crippen molar-refractivity contribution in [3.05, 3.63) is 47.5 Å². The minimum absolute atomic E-state index is 0.0845. The molecule has 3 aliphatic rings. The summed E-state index contributed by atoms with van der Waals surface area (Å²) >= 11 is 8.15. The summed E-state index contributed by atoms with van der Waals surface area (Å²) in [6.07, 6.45) is 5.45. The number of halogens is 1. The fraction of sp³-hybridized carbons (Fsp3) is 0.455. The monoisotopic (exact) mass is 400 g/mol. The first-order chi connectivity index (χ1) is 13.2. The van der Waals surface area contributed by atoms with Crippen molar-refractivity contribution in [2.24, 2.45) is 0 Å². The Morgan fingerprint density at radius 2 is 1.70 bits per heavy atom. The summed E-state index contributed by atoms with van der Waals surface area (Å²) < 4.78 is 0. The van der Waals surface area contributed by atoms with E-state index in [9.17, 15) is 5.11 Å². The molecule has 142 valence electrons. The maximum absolute atomic E-state index is 10.0. The first-order valence-electron chi connectivity index (χ1n) is 9.97. The van der Waals surface area contributed by atoms with Gasteiger partial charge < -0.3 is 10.0 Å². The van der Waals surface area contributed by atoms with Crippen LogP contribution in [0.25, 0.3) is 0 Å². The lowest BCUT2D eigenvalue weighted by Gasteiger charge is -2.38. The van der Waals surface area contributed by atoms with Crippen LogP contribution in [-0.2, 0) is 0 Å². The van der Waals surface area contributed by atoms with Gasteiger partial charge in [0.15, 0.2) is 0 Å². The molecule has 2 unspecified atom stereocenters. The third kappa shape index (κ3) is 3.38. The predicted molar refractivity (Wildman–Crippen MR) is 112 cm³/mol. The fourth-order valence-electron chi connectivity index (χ4n) is 5.07. The normalized spacial score (nSPS) is 26.7. The van der Waals surface area contributed by atoms with Crippen LogP contribution in [0.5, 0.6) is 0 Å². The molecule has 0 amide bonds. The van der Waals surface area contributed by atoms with Crippen molar-refractivity contribution in [1.82, 2.24) is 4.90 Å². The molecule has 0 radical (unpaired) electrons. The van der Waals surface area contributed by atoms with Gasteiger partial charge in [-0.05, 0) is 62.4 Å². The maximum Gasteiger partial charge on any atom is 0.0570 e. The Balaban J connectivity index is 1.34. The molecule has 2 atom stereocenters. The van der Waals surface area contributed by atoms with E-state index in [1.54, 1.807) is 0 Å². The summed E-state index contributed by atoms with van der Waals surface area (Å²) in [4.78, 5) is 7.69. The molecule has 2 saturated heterocycles. The Hall–Kier alpha value is -1.20. The molecular formula is C22H25ClN2OS. The lowest BCUT2D eigenvalue weighted by atomic mass is 10.00. The number of hydrogen-bond donors (Lipinski definition) is 1. The Bertz CT molecular complexity index is 831. The molecular weight excluding hydrogens is 376 g/mol. The highest BCUT2D eigenvalue weighted by molar-refractivity contribution is 7.99. The molecule has 5 rings (SSSR count). The number of aliphatic hydroxyl groups is 1. The number of nitrogens with zero attached hydrogens (tertiary/aromatic N) is 2. The molecule has 3 heterocycles. The topological polar surface area (TPSA) is 26.7 Å². The molecule has 3 nitrogen and oxygen atoms in total. The average molecular weight is 401 g/mol. The Kier molecular flexibility index (Phi) is 4.85. The van der Waals surface area contributed by atoms with E-state index >= 15 is 0 Å². The number of rotatable bonds is 4. The van der Waals surface area contributed by atoms with E-state index in [0.29, 0.717) is 12.1 Å². The van der Waals surface area contributed by atoms with Gasteiger partial charge >= 0.3 is 0 Å². The largest absolute Gasteiger partial charge is 0.393 e. The van der Waals surface area contributed by atoms with Crippen LogP contribution in [0.3, 0.4) is 0 Å². The van der Waals surface area contributed by atoms with Crippen LogP contribution in [0, 0.1) is 0 Å². The van der Waals surface area contributed by atoms with Gasteiger partial charge in [0.2, 0.25) is 0 Å². The lowest BCUT2D eigenvalue weighted by molar-refractivity contribution is 0.0353. The Morgan fingerprint density at radius 3 is 2.52 bits per heavy atom. The second-order valence-corrected chi connectivity index (χ2v) is 9.46. The molecule has 27 heavy (non-hydrogen) atoms. The van der Waals surface area contributed by atoms with Gasteiger partial charge in [-0.25, -0.2) is 0 Å². The van der Waals surface area contributed by atoms with Gasteiger partial charge in [0.05, 0.1) is 17.5 Å². The smallest absolute Gasteiger partial charge is 0.0570 e. The number of benzene rings is 2. The minimum atomic E-state index is -0.0845. The Morgan fingerprint density at radius 1 is 0.963 bits per heavy atom. The SMILES string of the molecule is OC1CC2CCC(C1)N2CCCN1c2ccccc2Sc2ccc(Cl)cc21. The highest BCUT2D eigenvalue weighted by Crippen LogP contribution is 2.48. The number of para-hydroxylation sites is 1. The molecule has 0 aliphatic carbocycles. The number of piperidine rings is 1. The van der Waals surface area contributed by atoms with Gasteiger partial charge in [-0.3, -0.25) is 4.90 Å². The van der Waals surface area contributed by atoms with Gasteiger partial charge in [0.25, 0.3) is 0 Å². The molecule has 0 spiro atoms. The van der Waals surface area contributed by atoms with Crippen LogP contribution >= 0.6 is 23.4 Å². The van der Waals surface area contributed by atoms with Crippen LogP contribution in [0.4, 0.5) is 11.4 Å². The van der Waals surface area contributed by atoms with Gasteiger partial charge in [-0.15, -0.1) is 0 Å². The van der Waals surface area contributed by atoms with E-state index in [1.807, 2.05) is 17.8 Å². The van der Waals surface area contributed by atoms with E-state index in [-0.39, 0.29) is 6.10 Å². The zero-order valence-corrected chi connectivity index (χ0v) is 16.9. The number of hydrogen-bond acceptors (Lipinski definition) is 4. The lowest BCUT2D eigenvalue weighted by Crippen LogP contribution is -2.45. The van der Waals surface area contributed by atoms with Crippen molar-refractivity contribution < 1.29 is 5.11 Å². The van der Waals surface area contributed by atoms with Gasteiger partial charge in [-0.1, -0.05) is 35.5 Å². The van der Waals surface area contributed by atoms with Crippen LogP contribution in [0.15, 0.2) is 52.3 Å². The molecule has 3 aliphatic heterocycles. The summed E-state index contributed by atoms with van der Waals surface area (Å²) in [5.41, 5.74) is 2.51. The van der Waals surface area contributed by atoms with E-state index in [4.69, 9.17) is 11.6 Å². The van der Waals surface area contributed by atoms with Gasteiger partial charge in [0, 0.05) is 40.0 Å². The second kappa shape index (κ2) is 7.32. The molecule has 2 fully saturated rings. The van der Waals surface area contributed by atoms with E-state index in [1.165, 1.54) is 34.0 Å². The van der Waals surface area contributed by atoms with Crippen LogP contribution in [-0.4, -0.2) is 41.3 Å². The minimum Gasteiger partial charge on any atom is -0.393 e. The van der Waals surface area contributed by atoms with Gasteiger partial charge in [-0.2, -0.15) is 0 Å². The maximum atomic E-state index is 10.0. The molecule has 2 bridgehead atoms. The summed E-state index contributed by atoms with van der Waals surface area (Å²) in [7, 11) is 0. The fourth-order valence-corrected chi connectivity index (χ4v) is 6.31. The summed E-state index contributed by atoms with van der Waals surface area (Å²) in [5.74, 6) is 0. The van der Waals surface area contributed by atoms with Crippen molar-refractivity contribution in [1.29, 1.82) is 0 Å². The zero-order chi connectivity index (χ0) is 18.4. The summed E-state index contributed by atoms with van der Waals surface area (Å²) in [5, 5.41) is 10.8. The summed E-state index contributed by atoms with van der Waals surface area (Å²) in [6.45, 7) is 2.10. The van der Waals surface area contributed by atoms with Crippen molar-refractivity contribution in [2.75, 3.05) is 18.0 Å². The van der Waals surface area contributed by atoms with Crippen molar-refractivity contribution in [3.63, 3.8) is 0 Å². The third-order valence-electron chi connectivity index (χ3n) is 6.25. The standard InChI is InChI=1S/C22H25ClN2OS/c23-15-6-9-22-20(12-15)25(19-4-1-2-5-21(19)27-22)11-3-10-24-16-7-8-17(24)14-18(26)13-16/h1-2,4-6,9,12,16-18,26H,3,7-8,10-11,13-14H2. The van der Waals surface area contributed by atoms with Crippen LogP contribution in [0.2, 0.25) is 5.02 Å². The van der Waals surface area contributed by atoms with Crippen LogP contribution in [0.1, 0.15) is 32.1 Å². The number of anilines is 2. The molecule has 1 N–H and O–H groups in total. The zero-order valence-electron chi connectivity index (χ0n) is 15.4. The molecule has 5 heteroatoms. The highest BCUT2D eigenvalue weighted by Gasteiger charge is 2.39. The molecule has 2 aromatic carbocycles.